The number of hydrogen-bond donors (Lipinski definition) is 2. The van der Waals surface area contributed by atoms with Crippen molar-refractivity contribution in [1.29, 1.82) is 0 Å². The van der Waals surface area contributed by atoms with Crippen molar-refractivity contribution in [3.8, 4) is 0 Å². The summed E-state index contributed by atoms with van der Waals surface area (Å²) in [7, 11) is 0. The topological polar surface area (TPSA) is 116 Å². The van der Waals surface area contributed by atoms with E-state index in [0.717, 1.165) is 0 Å². The van der Waals surface area contributed by atoms with Gasteiger partial charge in [-0.15, -0.1) is 11.8 Å². The molecule has 1 saturated heterocycles. The lowest BCUT2D eigenvalue weighted by molar-refractivity contribution is -0.154. The van der Waals surface area contributed by atoms with E-state index >= 15 is 0 Å². The molecule has 3 atom stereocenters. The molecule has 1 aromatic rings. The summed E-state index contributed by atoms with van der Waals surface area (Å²) in [6.07, 6.45) is -1.18. The van der Waals surface area contributed by atoms with Crippen molar-refractivity contribution in [3.63, 3.8) is 0 Å². The molecule has 2 aliphatic heterocycles. The highest BCUT2D eigenvalue weighted by atomic mass is 32.2. The molecule has 1 fully saturated rings. The summed E-state index contributed by atoms with van der Waals surface area (Å²) in [5.74, 6) is -1.84. The Kier molecular flexibility index (Phi) is 9.93. The Morgan fingerprint density at radius 1 is 1.24 bits per heavy atom. The van der Waals surface area contributed by atoms with Crippen LogP contribution in [-0.2, 0) is 23.9 Å². The Morgan fingerprint density at radius 2 is 1.85 bits per heavy atom. The normalized spacial score (nSPS) is 20.2. The van der Waals surface area contributed by atoms with E-state index in [1.807, 2.05) is 0 Å². The Morgan fingerprint density at radius 3 is 2.33 bits per heavy atom. The number of carbonyl (C=O) groups excluding carboxylic acids is 3. The van der Waals surface area contributed by atoms with E-state index in [-0.39, 0.29) is 12.2 Å². The standard InChI is InChI=1S/C17H16N2O6S.C6H15N/c1-9-7-26-16-11(15(22)19(16)12(9)17(23)24)18-14(21)13(25-8-20)10-5-3-2-4-6-10;1-4-7(5-2)6-3/h2-6,8,11,13,16H,7H2,1H3,(H,18,21)(H,23,24);4-6H2,1-3H3/t11-,13-,16-;/m1./s1. The van der Waals surface area contributed by atoms with Crippen molar-refractivity contribution >= 4 is 36.0 Å². The third-order valence-corrected chi connectivity index (χ3v) is 6.96. The van der Waals surface area contributed by atoms with Gasteiger partial charge in [-0.2, -0.15) is 0 Å². The zero-order chi connectivity index (χ0) is 24.5. The van der Waals surface area contributed by atoms with Gasteiger partial charge in [0.1, 0.15) is 17.1 Å². The molecule has 0 radical (unpaired) electrons. The molecule has 9 nitrogen and oxygen atoms in total. The van der Waals surface area contributed by atoms with Gasteiger partial charge in [-0.25, -0.2) is 4.79 Å². The summed E-state index contributed by atoms with van der Waals surface area (Å²) in [4.78, 5) is 50.7. The summed E-state index contributed by atoms with van der Waals surface area (Å²) in [6.45, 7) is 12.0. The Labute approximate surface area is 198 Å². The lowest BCUT2D eigenvalue weighted by atomic mass is 10.0. The number of thioether (sulfide) groups is 1. The number of nitrogens with one attached hydrogen (secondary N) is 1. The van der Waals surface area contributed by atoms with Crippen LogP contribution in [0.1, 0.15) is 39.4 Å². The van der Waals surface area contributed by atoms with Crippen LogP contribution in [0.15, 0.2) is 41.6 Å². The van der Waals surface area contributed by atoms with Gasteiger partial charge in [0.05, 0.1) is 0 Å². The van der Waals surface area contributed by atoms with Gasteiger partial charge in [0.25, 0.3) is 18.3 Å². The van der Waals surface area contributed by atoms with E-state index in [1.165, 1.54) is 36.3 Å². The average molecular weight is 478 g/mol. The second-order valence-corrected chi connectivity index (χ2v) is 8.58. The first-order valence-electron chi connectivity index (χ1n) is 10.8. The second-order valence-electron chi connectivity index (χ2n) is 7.47. The van der Waals surface area contributed by atoms with Crippen molar-refractivity contribution in [2.45, 2.75) is 45.2 Å². The maximum Gasteiger partial charge on any atom is 0.352 e. The third-order valence-electron chi connectivity index (χ3n) is 5.53. The molecule has 0 saturated carbocycles. The van der Waals surface area contributed by atoms with Gasteiger partial charge in [0.15, 0.2) is 0 Å². The number of carbonyl (C=O) groups is 4. The minimum Gasteiger partial charge on any atom is -0.477 e. The molecule has 0 bridgehead atoms. The number of β-lactam (4-membered cyclic amide) rings is 1. The summed E-state index contributed by atoms with van der Waals surface area (Å²) in [5.41, 5.74) is 1.04. The number of carboxylic acids is 1. The molecule has 2 aliphatic rings. The summed E-state index contributed by atoms with van der Waals surface area (Å²) in [6, 6.07) is 7.55. The second kappa shape index (κ2) is 12.4. The number of benzene rings is 1. The van der Waals surface area contributed by atoms with Crippen LogP contribution < -0.4 is 5.32 Å². The van der Waals surface area contributed by atoms with E-state index in [2.05, 4.69) is 31.0 Å². The van der Waals surface area contributed by atoms with E-state index in [1.54, 1.807) is 37.3 Å². The van der Waals surface area contributed by atoms with Crippen LogP contribution in [-0.4, -0.2) is 76.0 Å². The lowest BCUT2D eigenvalue weighted by Crippen LogP contribution is -2.70. The quantitative estimate of drug-likeness (QED) is 0.410. The first-order valence-corrected chi connectivity index (χ1v) is 11.9. The minimum atomic E-state index is -1.18. The number of carboxylic acid groups (broad SMARTS) is 1. The molecule has 180 valence electrons. The molecule has 2 N–H and O–H groups in total. The maximum atomic E-state index is 12.5. The number of amides is 2. The van der Waals surface area contributed by atoms with E-state index in [9.17, 15) is 24.3 Å². The summed E-state index contributed by atoms with van der Waals surface area (Å²) < 4.78 is 4.88. The SMILES string of the molecule is CC1=C(C(=O)O)N2C(=O)[C@@H](NC(=O)[C@H](OC=O)c3ccccc3)[C@H]2SC1.CCN(CC)CC. The van der Waals surface area contributed by atoms with E-state index < -0.39 is 35.3 Å². The van der Waals surface area contributed by atoms with Gasteiger partial charge in [-0.1, -0.05) is 51.1 Å². The van der Waals surface area contributed by atoms with Gasteiger partial charge in [0, 0.05) is 11.3 Å². The molecule has 0 aliphatic carbocycles. The molecule has 3 rings (SSSR count). The zero-order valence-electron chi connectivity index (χ0n) is 19.3. The molecule has 1 aromatic carbocycles. The molecule has 33 heavy (non-hydrogen) atoms. The fraction of sp³-hybridized carbons (Fsp3) is 0.478. The molecular formula is C23H31N3O6S. The van der Waals surface area contributed by atoms with Gasteiger partial charge < -0.3 is 20.1 Å². The van der Waals surface area contributed by atoms with Gasteiger partial charge in [-0.3, -0.25) is 19.3 Å². The molecule has 0 spiro atoms. The van der Waals surface area contributed by atoms with Crippen LogP contribution in [0, 0.1) is 0 Å². The highest BCUT2D eigenvalue weighted by Crippen LogP contribution is 2.40. The highest BCUT2D eigenvalue weighted by Gasteiger charge is 2.54. The number of aliphatic carboxylic acids is 1. The minimum absolute atomic E-state index is 0.0343. The van der Waals surface area contributed by atoms with Gasteiger partial charge >= 0.3 is 5.97 Å². The van der Waals surface area contributed by atoms with Crippen LogP contribution >= 0.6 is 11.8 Å². The molecular weight excluding hydrogens is 446 g/mol. The predicted octanol–water partition coefficient (Wildman–Crippen LogP) is 2.01. The van der Waals surface area contributed by atoms with E-state index in [4.69, 9.17) is 4.74 Å². The number of hydrogen-bond acceptors (Lipinski definition) is 7. The van der Waals surface area contributed by atoms with Crippen LogP contribution in [0.4, 0.5) is 0 Å². The maximum absolute atomic E-state index is 12.5. The lowest BCUT2D eigenvalue weighted by Gasteiger charge is -2.49. The summed E-state index contributed by atoms with van der Waals surface area (Å²) >= 11 is 1.38. The molecule has 10 heteroatoms. The molecule has 0 unspecified atom stereocenters. The molecule has 2 amide bonds. The number of rotatable bonds is 9. The Hall–Kier alpha value is -2.85. The Balaban J connectivity index is 0.000000479. The number of nitrogens with zero attached hydrogens (tertiary/aromatic N) is 2. The average Bonchev–Trinajstić information content (AvgIpc) is 2.82. The van der Waals surface area contributed by atoms with Crippen LogP contribution in [0.25, 0.3) is 0 Å². The Bertz CT molecular complexity index is 882. The fourth-order valence-corrected chi connectivity index (χ4v) is 4.94. The summed E-state index contributed by atoms with van der Waals surface area (Å²) in [5, 5.41) is 11.4. The van der Waals surface area contributed by atoms with Crippen LogP contribution in [0.5, 0.6) is 0 Å². The van der Waals surface area contributed by atoms with Crippen LogP contribution in [0.3, 0.4) is 0 Å². The molecule has 0 aromatic heterocycles. The monoisotopic (exact) mass is 477 g/mol. The third kappa shape index (κ3) is 6.14. The first-order chi connectivity index (χ1) is 15.8. The number of ether oxygens (including phenoxy) is 1. The van der Waals surface area contributed by atoms with Gasteiger partial charge in [0.2, 0.25) is 6.10 Å². The first kappa shape index (κ1) is 26.4. The number of fused-ring (bicyclic) bond motifs is 1. The van der Waals surface area contributed by atoms with Crippen molar-refractivity contribution < 1.29 is 29.0 Å². The smallest absolute Gasteiger partial charge is 0.352 e. The van der Waals surface area contributed by atoms with Crippen molar-refractivity contribution in [1.82, 2.24) is 15.1 Å². The van der Waals surface area contributed by atoms with Crippen molar-refractivity contribution in [3.05, 3.63) is 47.2 Å². The van der Waals surface area contributed by atoms with Crippen LogP contribution in [0.2, 0.25) is 0 Å². The van der Waals surface area contributed by atoms with Crippen molar-refractivity contribution in [2.75, 3.05) is 25.4 Å². The predicted molar refractivity (Wildman–Crippen MR) is 125 cm³/mol. The fourth-order valence-electron chi connectivity index (χ4n) is 3.65. The zero-order valence-corrected chi connectivity index (χ0v) is 20.1. The van der Waals surface area contributed by atoms with Gasteiger partial charge in [-0.05, 0) is 32.1 Å². The van der Waals surface area contributed by atoms with Crippen molar-refractivity contribution in [2.24, 2.45) is 0 Å². The highest BCUT2D eigenvalue weighted by molar-refractivity contribution is 8.00. The largest absolute Gasteiger partial charge is 0.477 e. The van der Waals surface area contributed by atoms with E-state index in [0.29, 0.717) is 16.9 Å². The molecule has 2 heterocycles.